The molecule has 0 N–H and O–H groups in total. The lowest BCUT2D eigenvalue weighted by Gasteiger charge is -2.26. The highest BCUT2D eigenvalue weighted by atomic mass is 16.6. The van der Waals surface area contributed by atoms with Crippen molar-refractivity contribution >= 4 is 5.97 Å². The molecule has 2 aromatic rings. The molecule has 1 aliphatic heterocycles. The zero-order valence-corrected chi connectivity index (χ0v) is 18.5. The standard InChI is InChI=1S/C25H33NO5/c1-20(11-12-21-7-3-5-9-23(21)31-19-25(27)28-2)22-8-4-6-10-24(22)30-18-15-26-13-16-29-17-14-26/h3-10,20H,11-19H2,1-2H3. The van der Waals surface area contributed by atoms with Gasteiger partial charge in [-0.05, 0) is 42.0 Å². The van der Waals surface area contributed by atoms with Crippen molar-refractivity contribution in [1.82, 2.24) is 4.90 Å². The van der Waals surface area contributed by atoms with Crippen LogP contribution in [0, 0.1) is 0 Å². The lowest BCUT2D eigenvalue weighted by molar-refractivity contribution is -0.142. The van der Waals surface area contributed by atoms with Crippen molar-refractivity contribution in [2.75, 3.05) is 53.2 Å². The van der Waals surface area contributed by atoms with E-state index >= 15 is 0 Å². The van der Waals surface area contributed by atoms with Crippen LogP contribution in [0.15, 0.2) is 48.5 Å². The quantitative estimate of drug-likeness (QED) is 0.510. The minimum Gasteiger partial charge on any atom is -0.492 e. The number of benzene rings is 2. The first-order valence-electron chi connectivity index (χ1n) is 11.0. The van der Waals surface area contributed by atoms with E-state index in [1.807, 2.05) is 30.3 Å². The van der Waals surface area contributed by atoms with Crippen molar-refractivity contribution in [3.63, 3.8) is 0 Å². The number of hydrogen-bond donors (Lipinski definition) is 0. The molecule has 1 aliphatic rings. The minimum absolute atomic E-state index is 0.0805. The van der Waals surface area contributed by atoms with Crippen LogP contribution >= 0.6 is 0 Å². The van der Waals surface area contributed by atoms with E-state index in [2.05, 4.69) is 34.8 Å². The average Bonchev–Trinajstić information content (AvgIpc) is 2.82. The van der Waals surface area contributed by atoms with Crippen molar-refractivity contribution in [2.45, 2.75) is 25.7 Å². The number of carbonyl (C=O) groups is 1. The number of esters is 1. The molecule has 1 fully saturated rings. The van der Waals surface area contributed by atoms with Gasteiger partial charge in [-0.15, -0.1) is 0 Å². The molecule has 1 heterocycles. The molecule has 0 saturated carbocycles. The molecule has 0 radical (unpaired) electrons. The van der Waals surface area contributed by atoms with Crippen LogP contribution in [-0.2, 0) is 20.7 Å². The molecule has 0 amide bonds. The van der Waals surface area contributed by atoms with Crippen molar-refractivity contribution in [1.29, 1.82) is 0 Å². The van der Waals surface area contributed by atoms with Gasteiger partial charge in [0.2, 0.25) is 0 Å². The van der Waals surface area contributed by atoms with Crippen LogP contribution < -0.4 is 9.47 Å². The number of rotatable bonds is 11. The first-order valence-corrected chi connectivity index (χ1v) is 11.0. The van der Waals surface area contributed by atoms with Crippen molar-refractivity contribution in [3.8, 4) is 11.5 Å². The number of nitrogens with zero attached hydrogens (tertiary/aromatic N) is 1. The first-order chi connectivity index (χ1) is 15.2. The predicted octanol–water partition coefficient (Wildman–Crippen LogP) is 3.69. The maximum Gasteiger partial charge on any atom is 0.343 e. The lowest BCUT2D eigenvalue weighted by Crippen LogP contribution is -2.38. The van der Waals surface area contributed by atoms with Crippen LogP contribution in [0.3, 0.4) is 0 Å². The molecular formula is C25H33NO5. The maximum atomic E-state index is 11.4. The molecule has 0 aromatic heterocycles. The van der Waals surface area contributed by atoms with Crippen LogP contribution in [0.2, 0.25) is 0 Å². The summed E-state index contributed by atoms with van der Waals surface area (Å²) in [5.41, 5.74) is 2.31. The molecule has 6 nitrogen and oxygen atoms in total. The van der Waals surface area contributed by atoms with Crippen LogP contribution in [0.1, 0.15) is 30.4 Å². The number of ether oxygens (including phenoxy) is 4. The summed E-state index contributed by atoms with van der Waals surface area (Å²) in [6.07, 6.45) is 1.79. The highest BCUT2D eigenvalue weighted by Crippen LogP contribution is 2.31. The van der Waals surface area contributed by atoms with Gasteiger partial charge in [-0.2, -0.15) is 0 Å². The molecule has 0 aliphatic carbocycles. The van der Waals surface area contributed by atoms with Gasteiger partial charge in [0.1, 0.15) is 18.1 Å². The summed E-state index contributed by atoms with van der Waals surface area (Å²) in [4.78, 5) is 13.8. The summed E-state index contributed by atoms with van der Waals surface area (Å²) in [5.74, 6) is 1.63. The Morgan fingerprint density at radius 2 is 1.74 bits per heavy atom. The molecule has 0 spiro atoms. The van der Waals surface area contributed by atoms with Gasteiger partial charge in [0.25, 0.3) is 0 Å². The van der Waals surface area contributed by atoms with Crippen molar-refractivity contribution in [2.24, 2.45) is 0 Å². The van der Waals surface area contributed by atoms with Gasteiger partial charge in [0, 0.05) is 19.6 Å². The van der Waals surface area contributed by atoms with Crippen molar-refractivity contribution < 1.29 is 23.7 Å². The summed E-state index contributed by atoms with van der Waals surface area (Å²) in [5, 5.41) is 0. The highest BCUT2D eigenvalue weighted by Gasteiger charge is 2.15. The third-order valence-corrected chi connectivity index (χ3v) is 5.61. The summed E-state index contributed by atoms with van der Waals surface area (Å²) in [6, 6.07) is 16.1. The predicted molar refractivity (Wildman–Crippen MR) is 120 cm³/mol. The third kappa shape index (κ3) is 7.26. The minimum atomic E-state index is -0.383. The maximum absolute atomic E-state index is 11.4. The summed E-state index contributed by atoms with van der Waals surface area (Å²) in [7, 11) is 1.36. The van der Waals surface area contributed by atoms with Gasteiger partial charge in [0.15, 0.2) is 6.61 Å². The lowest BCUT2D eigenvalue weighted by atomic mass is 9.93. The number of aryl methyl sites for hydroxylation is 1. The van der Waals surface area contributed by atoms with E-state index in [4.69, 9.17) is 14.2 Å². The van der Waals surface area contributed by atoms with E-state index in [9.17, 15) is 4.79 Å². The number of methoxy groups -OCH3 is 1. The monoisotopic (exact) mass is 427 g/mol. The van der Waals surface area contributed by atoms with Gasteiger partial charge in [0.05, 0.1) is 20.3 Å². The molecule has 1 atom stereocenters. The van der Waals surface area contributed by atoms with Gasteiger partial charge in [-0.1, -0.05) is 43.3 Å². The smallest absolute Gasteiger partial charge is 0.343 e. The highest BCUT2D eigenvalue weighted by molar-refractivity contribution is 5.70. The fourth-order valence-corrected chi connectivity index (χ4v) is 3.70. The molecule has 2 aromatic carbocycles. The summed E-state index contributed by atoms with van der Waals surface area (Å²) >= 11 is 0. The topological polar surface area (TPSA) is 57.2 Å². The van der Waals surface area contributed by atoms with Crippen LogP contribution in [0.5, 0.6) is 11.5 Å². The van der Waals surface area contributed by atoms with Crippen LogP contribution in [0.25, 0.3) is 0 Å². The average molecular weight is 428 g/mol. The van der Waals surface area contributed by atoms with Gasteiger partial charge in [-0.3, -0.25) is 4.90 Å². The number of para-hydroxylation sites is 2. The number of hydrogen-bond acceptors (Lipinski definition) is 6. The largest absolute Gasteiger partial charge is 0.492 e. The van der Waals surface area contributed by atoms with E-state index in [0.717, 1.165) is 62.8 Å². The molecule has 1 unspecified atom stereocenters. The Morgan fingerprint density at radius 1 is 1.03 bits per heavy atom. The zero-order chi connectivity index (χ0) is 21.9. The van der Waals surface area contributed by atoms with E-state index in [1.54, 1.807) is 0 Å². The molecular weight excluding hydrogens is 394 g/mol. The van der Waals surface area contributed by atoms with Gasteiger partial charge < -0.3 is 18.9 Å². The van der Waals surface area contributed by atoms with E-state index in [1.165, 1.54) is 12.7 Å². The van der Waals surface area contributed by atoms with Gasteiger partial charge >= 0.3 is 5.97 Å². The second-order valence-electron chi connectivity index (χ2n) is 7.75. The second kappa shape index (κ2) is 12.3. The molecule has 6 heteroatoms. The molecule has 1 saturated heterocycles. The Morgan fingerprint density at radius 3 is 2.52 bits per heavy atom. The Labute approximate surface area is 185 Å². The second-order valence-corrected chi connectivity index (χ2v) is 7.75. The Bertz CT molecular complexity index is 819. The summed E-state index contributed by atoms with van der Waals surface area (Å²) in [6.45, 7) is 7.28. The Hall–Kier alpha value is -2.57. The third-order valence-electron chi connectivity index (χ3n) is 5.61. The number of carbonyl (C=O) groups excluding carboxylic acids is 1. The SMILES string of the molecule is COC(=O)COc1ccccc1CCC(C)c1ccccc1OCCN1CCOCC1. The normalized spacial score (nSPS) is 15.3. The zero-order valence-electron chi connectivity index (χ0n) is 18.5. The van der Waals surface area contributed by atoms with E-state index < -0.39 is 0 Å². The van der Waals surface area contributed by atoms with E-state index in [-0.39, 0.29) is 12.6 Å². The number of morpholine rings is 1. The van der Waals surface area contributed by atoms with Crippen molar-refractivity contribution in [3.05, 3.63) is 59.7 Å². The van der Waals surface area contributed by atoms with Crippen LogP contribution in [0.4, 0.5) is 0 Å². The van der Waals surface area contributed by atoms with Crippen LogP contribution in [-0.4, -0.2) is 64.0 Å². The summed E-state index contributed by atoms with van der Waals surface area (Å²) < 4.78 is 21.9. The Balaban J connectivity index is 1.55. The fourth-order valence-electron chi connectivity index (χ4n) is 3.70. The van der Waals surface area contributed by atoms with Gasteiger partial charge in [-0.25, -0.2) is 4.79 Å². The molecule has 31 heavy (non-hydrogen) atoms. The first kappa shape index (κ1) is 23.1. The fraction of sp³-hybridized carbons (Fsp3) is 0.480. The Kier molecular flexibility index (Phi) is 9.18. The van der Waals surface area contributed by atoms with E-state index in [0.29, 0.717) is 12.5 Å². The molecule has 0 bridgehead atoms. The molecule has 3 rings (SSSR count). The molecule has 168 valence electrons.